The molecule has 0 aliphatic heterocycles. The van der Waals surface area contributed by atoms with Crippen LogP contribution in [0.3, 0.4) is 0 Å². The Morgan fingerprint density at radius 2 is 2.08 bits per heavy atom. The van der Waals surface area contributed by atoms with Crippen molar-refractivity contribution in [2.24, 2.45) is 0 Å². The van der Waals surface area contributed by atoms with Crippen LogP contribution in [0, 0.1) is 6.92 Å². The van der Waals surface area contributed by atoms with Gasteiger partial charge in [-0.25, -0.2) is 0 Å². The van der Waals surface area contributed by atoms with Gasteiger partial charge in [-0.15, -0.1) is 0 Å². The van der Waals surface area contributed by atoms with Crippen LogP contribution in [-0.2, 0) is 0 Å². The highest BCUT2D eigenvalue weighted by Gasteiger charge is 2.02. The lowest BCUT2D eigenvalue weighted by atomic mass is 10.3. The van der Waals surface area contributed by atoms with E-state index in [0.29, 0.717) is 0 Å². The molecular weight excluding hydrogens is 193 g/mol. The van der Waals surface area contributed by atoms with Crippen molar-refractivity contribution in [1.29, 1.82) is 0 Å². The van der Waals surface area contributed by atoms with Crippen molar-refractivity contribution in [3.63, 3.8) is 0 Å². The van der Waals surface area contributed by atoms with Crippen molar-refractivity contribution < 1.29 is 17.0 Å². The molecule has 0 spiro atoms. The average Bonchev–Trinajstić information content (AvgIpc) is 1.98. The minimum absolute atomic E-state index is 0. The molecule has 0 aliphatic carbocycles. The number of rotatable bonds is 1. The van der Waals surface area contributed by atoms with Crippen molar-refractivity contribution in [2.45, 2.75) is 13.8 Å². The molecule has 0 unspecified atom stereocenters. The van der Waals surface area contributed by atoms with Crippen molar-refractivity contribution in [1.82, 2.24) is 0 Å². The maximum atomic E-state index is 5.89. The number of hydrogen-bond acceptors (Lipinski definition) is 0. The molecule has 3 heteroatoms. The Labute approximate surface area is 84.1 Å². The smallest absolute Gasteiger partial charge is 0.280 e. The van der Waals surface area contributed by atoms with Crippen LogP contribution in [0.5, 0.6) is 0 Å². The first kappa shape index (κ1) is 11.5. The molecule has 0 fully saturated rings. The maximum absolute atomic E-state index is 5.89. The van der Waals surface area contributed by atoms with E-state index in [9.17, 15) is 0 Å². The largest absolute Gasteiger partial charge is 1.00 e. The minimum atomic E-state index is 0. The summed E-state index contributed by atoms with van der Waals surface area (Å²) in [5, 5.41) is 0.730. The van der Waals surface area contributed by atoms with E-state index in [-0.39, 0.29) is 12.4 Å². The van der Waals surface area contributed by atoms with Crippen LogP contribution in [0.1, 0.15) is 12.5 Å². The van der Waals surface area contributed by atoms with Crippen LogP contribution in [0.15, 0.2) is 24.4 Å². The van der Waals surface area contributed by atoms with Gasteiger partial charge in [0.1, 0.15) is 0 Å². The Kier molecular flexibility index (Phi) is 4.95. The first-order valence-corrected chi connectivity index (χ1v) is 3.92. The molecule has 0 bridgehead atoms. The summed E-state index contributed by atoms with van der Waals surface area (Å²) < 4.78 is 1.89. The van der Waals surface area contributed by atoms with E-state index in [1.54, 1.807) is 0 Å². The fourth-order valence-corrected chi connectivity index (χ4v) is 1.05. The van der Waals surface area contributed by atoms with Gasteiger partial charge >= 0.3 is 0 Å². The van der Waals surface area contributed by atoms with Crippen molar-refractivity contribution in [3.8, 4) is 0 Å². The fourth-order valence-electron chi connectivity index (χ4n) is 0.885. The Morgan fingerprint density at radius 1 is 1.42 bits per heavy atom. The van der Waals surface area contributed by atoms with Gasteiger partial charge in [0.2, 0.25) is 0 Å². The van der Waals surface area contributed by atoms with Crippen LogP contribution >= 0.6 is 11.6 Å². The van der Waals surface area contributed by atoms with Gasteiger partial charge in [-0.3, -0.25) is 0 Å². The molecule has 1 aromatic heterocycles. The van der Waals surface area contributed by atoms with E-state index >= 15 is 0 Å². The van der Waals surface area contributed by atoms with Crippen molar-refractivity contribution >= 4 is 17.8 Å². The molecule has 1 heterocycles. The molecular formula is C9H11Cl2N. The molecule has 0 radical (unpaired) electrons. The van der Waals surface area contributed by atoms with Gasteiger partial charge in [-0.05, 0) is 37.6 Å². The van der Waals surface area contributed by atoms with E-state index in [4.69, 9.17) is 11.6 Å². The quantitative estimate of drug-likeness (QED) is 0.426. The van der Waals surface area contributed by atoms with E-state index in [2.05, 4.69) is 0 Å². The molecule has 0 amide bonds. The second-order valence-corrected chi connectivity index (χ2v) is 2.81. The third kappa shape index (κ3) is 2.84. The summed E-state index contributed by atoms with van der Waals surface area (Å²) in [6.45, 7) is 4.00. The summed E-state index contributed by atoms with van der Waals surface area (Å²) in [4.78, 5) is 0. The lowest BCUT2D eigenvalue weighted by Gasteiger charge is -1.91. The zero-order chi connectivity index (χ0) is 8.27. The number of nitrogens with zero attached hydrogens (tertiary/aromatic N) is 1. The molecule has 0 aliphatic rings. The van der Waals surface area contributed by atoms with Gasteiger partial charge in [0.25, 0.3) is 5.15 Å². The van der Waals surface area contributed by atoms with E-state index in [0.717, 1.165) is 5.15 Å². The normalized spacial score (nSPS) is 9.92. The Morgan fingerprint density at radius 3 is 2.67 bits per heavy atom. The van der Waals surface area contributed by atoms with Crippen LogP contribution in [-0.4, -0.2) is 0 Å². The molecule has 0 aromatic carbocycles. The number of aromatic nitrogens is 1. The number of pyridine rings is 1. The topological polar surface area (TPSA) is 3.88 Å². The highest BCUT2D eigenvalue weighted by Crippen LogP contribution is 2.02. The molecule has 0 N–H and O–H groups in total. The highest BCUT2D eigenvalue weighted by molar-refractivity contribution is 6.28. The summed E-state index contributed by atoms with van der Waals surface area (Å²) in [6, 6.07) is 3.87. The predicted molar refractivity (Wildman–Crippen MR) is 47.4 cm³/mol. The summed E-state index contributed by atoms with van der Waals surface area (Å²) in [7, 11) is 0. The second kappa shape index (κ2) is 5.18. The minimum Gasteiger partial charge on any atom is -1.00 e. The zero-order valence-corrected chi connectivity index (χ0v) is 8.60. The number of halogens is 2. The Balaban J connectivity index is 0.00000121. The van der Waals surface area contributed by atoms with Gasteiger partial charge in [-0.2, -0.15) is 4.57 Å². The third-order valence-electron chi connectivity index (χ3n) is 1.38. The van der Waals surface area contributed by atoms with Crippen LogP contribution in [0.2, 0.25) is 5.15 Å². The van der Waals surface area contributed by atoms with Crippen molar-refractivity contribution in [2.75, 3.05) is 0 Å². The van der Waals surface area contributed by atoms with Gasteiger partial charge in [0.15, 0.2) is 12.4 Å². The third-order valence-corrected chi connectivity index (χ3v) is 1.70. The van der Waals surface area contributed by atoms with Crippen LogP contribution in [0.4, 0.5) is 0 Å². The fraction of sp³-hybridized carbons (Fsp3) is 0.222. The van der Waals surface area contributed by atoms with Crippen molar-refractivity contribution in [3.05, 3.63) is 35.1 Å². The van der Waals surface area contributed by atoms with Gasteiger partial charge < -0.3 is 12.4 Å². The van der Waals surface area contributed by atoms with E-state index in [1.807, 2.05) is 49.0 Å². The summed E-state index contributed by atoms with van der Waals surface area (Å²) in [5.74, 6) is 0. The Bertz CT molecular complexity index is 282. The standard InChI is InChI=1S/C9H11ClN.ClH/c1-3-6-11-7-8(2)4-5-9(11)10;/h3-7H,1-2H3;1H/q+1;/p-1. The zero-order valence-electron chi connectivity index (χ0n) is 7.09. The summed E-state index contributed by atoms with van der Waals surface area (Å²) in [6.07, 6.45) is 5.86. The highest BCUT2D eigenvalue weighted by atomic mass is 35.5. The molecule has 1 nitrogen and oxygen atoms in total. The van der Waals surface area contributed by atoms with Gasteiger partial charge in [0.05, 0.1) is 0 Å². The SMILES string of the molecule is CC=C[n+]1cc(C)ccc1Cl.[Cl-]. The second-order valence-electron chi connectivity index (χ2n) is 2.42. The lowest BCUT2D eigenvalue weighted by Crippen LogP contribution is -3.00. The molecule has 0 saturated carbocycles. The molecule has 1 rings (SSSR count). The van der Waals surface area contributed by atoms with Crippen LogP contribution < -0.4 is 17.0 Å². The first-order chi connectivity index (χ1) is 5.24. The Hall–Kier alpha value is -0.530. The average molecular weight is 204 g/mol. The molecule has 0 atom stereocenters. The number of aryl methyl sites for hydroxylation is 1. The number of allylic oxidation sites excluding steroid dienone is 1. The maximum Gasteiger partial charge on any atom is 0.280 e. The lowest BCUT2D eigenvalue weighted by molar-refractivity contribution is -0.566. The first-order valence-electron chi connectivity index (χ1n) is 3.54. The van der Waals surface area contributed by atoms with Gasteiger partial charge in [0, 0.05) is 11.6 Å². The molecule has 12 heavy (non-hydrogen) atoms. The monoisotopic (exact) mass is 203 g/mol. The molecule has 0 saturated heterocycles. The molecule has 66 valence electrons. The van der Waals surface area contributed by atoms with Crippen LogP contribution in [0.25, 0.3) is 6.20 Å². The summed E-state index contributed by atoms with van der Waals surface area (Å²) >= 11 is 5.89. The number of hydrogen-bond donors (Lipinski definition) is 0. The predicted octanol–water partition coefficient (Wildman–Crippen LogP) is -0.569. The summed E-state index contributed by atoms with van der Waals surface area (Å²) in [5.41, 5.74) is 1.20. The molecule has 1 aromatic rings. The van der Waals surface area contributed by atoms with E-state index < -0.39 is 0 Å². The van der Waals surface area contributed by atoms with Gasteiger partial charge in [-0.1, -0.05) is 0 Å². The van der Waals surface area contributed by atoms with E-state index in [1.165, 1.54) is 5.56 Å².